The average Bonchev–Trinajstić information content (AvgIpc) is 3.13. The van der Waals surface area contributed by atoms with E-state index >= 15 is 0 Å². The second-order valence-corrected chi connectivity index (χ2v) is 14.6. The zero-order valence-corrected chi connectivity index (χ0v) is 20.1. The molecule has 0 unspecified atom stereocenters. The molecule has 0 bridgehead atoms. The van der Waals surface area contributed by atoms with Gasteiger partial charge in [-0.15, -0.1) is 0 Å². The molecule has 0 radical (unpaired) electrons. The molecule has 2 aliphatic heterocycles. The van der Waals surface area contributed by atoms with Crippen molar-refractivity contribution in [2.75, 3.05) is 20.3 Å². The zero-order chi connectivity index (χ0) is 21.1. The molecule has 0 aromatic heterocycles. The summed E-state index contributed by atoms with van der Waals surface area (Å²) in [5.41, 5.74) is 3.54. The monoisotopic (exact) mass is 414 g/mol. The van der Waals surface area contributed by atoms with E-state index in [9.17, 15) is 0 Å². The van der Waals surface area contributed by atoms with Crippen LogP contribution < -0.4 is 4.74 Å². The summed E-state index contributed by atoms with van der Waals surface area (Å²) in [5, 5.41) is 0.270. The minimum Gasteiger partial charge on any atom is -0.494 e. The highest BCUT2D eigenvalue weighted by atomic mass is 28.4. The number of hydrogen-bond acceptors (Lipinski definition) is 4. The van der Waals surface area contributed by atoms with Crippen LogP contribution >= 0.6 is 0 Å². The summed E-state index contributed by atoms with van der Waals surface area (Å²) in [5.74, 6) is 0.839. The summed E-state index contributed by atoms with van der Waals surface area (Å²) in [7, 11) is 0.0467. The number of methoxy groups -OCH3 is 1. The lowest BCUT2D eigenvalue weighted by Crippen LogP contribution is -2.41. The van der Waals surface area contributed by atoms with Crippen molar-refractivity contribution in [1.82, 2.24) is 4.90 Å². The number of allylic oxidation sites excluding steroid dienone is 2. The van der Waals surface area contributed by atoms with Gasteiger partial charge in [0.2, 0.25) is 0 Å². The van der Waals surface area contributed by atoms with E-state index in [2.05, 4.69) is 44.8 Å². The van der Waals surface area contributed by atoms with Gasteiger partial charge >= 0.3 is 0 Å². The molecule has 3 rings (SSSR count). The minimum atomic E-state index is -1.66. The summed E-state index contributed by atoms with van der Waals surface area (Å²) in [4.78, 5) is 7.58. The zero-order valence-electron chi connectivity index (χ0n) is 19.1. The van der Waals surface area contributed by atoms with Crippen molar-refractivity contribution in [2.24, 2.45) is 4.99 Å². The van der Waals surface area contributed by atoms with Crippen LogP contribution in [0.15, 0.2) is 41.0 Å². The average molecular weight is 415 g/mol. The van der Waals surface area contributed by atoms with E-state index in [1.165, 1.54) is 30.8 Å². The molecule has 4 nitrogen and oxygen atoms in total. The maximum Gasteiger partial charge on any atom is 0.191 e. The number of benzene rings is 1. The Kier molecular flexibility index (Phi) is 6.89. The summed E-state index contributed by atoms with van der Waals surface area (Å²) >= 11 is 0. The highest BCUT2D eigenvalue weighted by molar-refractivity contribution is 6.74. The fourth-order valence-electron chi connectivity index (χ4n) is 3.97. The molecule has 2 heterocycles. The molecular weight excluding hydrogens is 376 g/mol. The predicted molar refractivity (Wildman–Crippen MR) is 125 cm³/mol. The Morgan fingerprint density at radius 2 is 1.97 bits per heavy atom. The van der Waals surface area contributed by atoms with Gasteiger partial charge < -0.3 is 14.1 Å². The number of ether oxygens (including phenoxy) is 1. The van der Waals surface area contributed by atoms with E-state index < -0.39 is 8.32 Å². The Morgan fingerprint density at radius 3 is 2.69 bits per heavy atom. The summed E-state index contributed by atoms with van der Waals surface area (Å²) in [6.07, 6.45) is 8.04. The maximum absolute atomic E-state index is 6.40. The molecule has 2 aliphatic rings. The van der Waals surface area contributed by atoms with Crippen molar-refractivity contribution in [1.29, 1.82) is 0 Å². The lowest BCUT2D eigenvalue weighted by atomic mass is 9.99. The summed E-state index contributed by atoms with van der Waals surface area (Å²) in [6.45, 7) is 13.6. The van der Waals surface area contributed by atoms with Gasteiger partial charge in [0.15, 0.2) is 8.32 Å². The highest BCUT2D eigenvalue weighted by Crippen LogP contribution is 2.37. The molecule has 0 amide bonds. The third-order valence-corrected chi connectivity index (χ3v) is 11.3. The lowest BCUT2D eigenvalue weighted by Gasteiger charge is -2.37. The number of aliphatic imine (C=N–C) groups is 1. The van der Waals surface area contributed by atoms with Crippen molar-refractivity contribution in [2.45, 2.75) is 77.0 Å². The predicted octanol–water partition coefficient (Wildman–Crippen LogP) is 6.32. The SMILES string of the molecule is COc1ccccc1N=C1C=C(CCCO[Si](C)(C)C(C)(C)C)N2CCC[C@@H]2C1. The smallest absolute Gasteiger partial charge is 0.191 e. The van der Waals surface area contributed by atoms with Gasteiger partial charge in [0.1, 0.15) is 11.4 Å². The second kappa shape index (κ2) is 9.05. The van der Waals surface area contributed by atoms with Crippen LogP contribution in [-0.2, 0) is 4.43 Å². The Balaban J connectivity index is 1.70. The van der Waals surface area contributed by atoms with Crippen LogP contribution in [0.4, 0.5) is 5.69 Å². The Hall–Kier alpha value is -1.59. The third-order valence-electron chi connectivity index (χ3n) is 6.72. The highest BCUT2D eigenvalue weighted by Gasteiger charge is 2.37. The van der Waals surface area contributed by atoms with Crippen LogP contribution in [0.5, 0.6) is 5.75 Å². The Bertz CT molecular complexity index is 764. The van der Waals surface area contributed by atoms with Crippen LogP contribution in [0.2, 0.25) is 18.1 Å². The van der Waals surface area contributed by atoms with Crippen molar-refractivity contribution >= 4 is 19.7 Å². The van der Waals surface area contributed by atoms with E-state index in [1.807, 2.05) is 24.3 Å². The third kappa shape index (κ3) is 5.31. The Labute approximate surface area is 178 Å². The molecule has 1 aromatic carbocycles. The number of para-hydroxylation sites is 2. The first-order chi connectivity index (χ1) is 13.7. The van der Waals surface area contributed by atoms with E-state index in [1.54, 1.807) is 7.11 Å². The molecule has 5 heteroatoms. The molecule has 0 saturated carbocycles. The quantitative estimate of drug-likeness (QED) is 0.386. The molecule has 0 spiro atoms. The van der Waals surface area contributed by atoms with Gasteiger partial charge in [0.25, 0.3) is 0 Å². The van der Waals surface area contributed by atoms with Crippen molar-refractivity contribution in [3.8, 4) is 5.75 Å². The van der Waals surface area contributed by atoms with Crippen molar-refractivity contribution < 1.29 is 9.16 Å². The van der Waals surface area contributed by atoms with Gasteiger partial charge in [-0.3, -0.25) is 0 Å². The van der Waals surface area contributed by atoms with Gasteiger partial charge in [0, 0.05) is 37.0 Å². The van der Waals surface area contributed by atoms with Crippen LogP contribution in [0, 0.1) is 0 Å². The van der Waals surface area contributed by atoms with E-state index in [4.69, 9.17) is 14.2 Å². The van der Waals surface area contributed by atoms with Crippen LogP contribution in [0.3, 0.4) is 0 Å². The first kappa shape index (κ1) is 22.1. The molecule has 0 N–H and O–H groups in total. The second-order valence-electron chi connectivity index (χ2n) is 9.82. The van der Waals surface area contributed by atoms with Gasteiger partial charge in [-0.05, 0) is 62.0 Å². The van der Waals surface area contributed by atoms with Crippen LogP contribution in [-0.4, -0.2) is 45.2 Å². The van der Waals surface area contributed by atoms with Gasteiger partial charge in [-0.2, -0.15) is 0 Å². The Morgan fingerprint density at radius 1 is 1.21 bits per heavy atom. The van der Waals surface area contributed by atoms with Crippen LogP contribution in [0.25, 0.3) is 0 Å². The molecular formula is C24H38N2O2Si. The molecule has 1 aromatic rings. The number of nitrogens with zero attached hydrogens (tertiary/aromatic N) is 2. The number of rotatable bonds is 7. The summed E-state index contributed by atoms with van der Waals surface area (Å²) in [6, 6.07) is 8.63. The fourth-order valence-corrected chi connectivity index (χ4v) is 5.06. The molecule has 0 aliphatic carbocycles. The summed E-state index contributed by atoms with van der Waals surface area (Å²) < 4.78 is 11.9. The maximum atomic E-state index is 6.40. The van der Waals surface area contributed by atoms with Gasteiger partial charge in [-0.1, -0.05) is 32.9 Å². The minimum absolute atomic E-state index is 0.270. The largest absolute Gasteiger partial charge is 0.494 e. The molecule has 1 fully saturated rings. The first-order valence-electron chi connectivity index (χ1n) is 11.0. The van der Waals surface area contributed by atoms with E-state index in [0.29, 0.717) is 6.04 Å². The van der Waals surface area contributed by atoms with Crippen molar-refractivity contribution in [3.63, 3.8) is 0 Å². The van der Waals surface area contributed by atoms with Crippen LogP contribution in [0.1, 0.15) is 52.9 Å². The normalized spacial score (nSPS) is 21.3. The number of hydrogen-bond donors (Lipinski definition) is 0. The topological polar surface area (TPSA) is 34.1 Å². The molecule has 1 atom stereocenters. The van der Waals surface area contributed by atoms with E-state index in [0.717, 1.165) is 37.3 Å². The lowest BCUT2D eigenvalue weighted by molar-refractivity contribution is 0.265. The van der Waals surface area contributed by atoms with Gasteiger partial charge in [0.05, 0.1) is 7.11 Å². The fraction of sp³-hybridized carbons (Fsp3) is 0.625. The first-order valence-corrected chi connectivity index (χ1v) is 13.9. The molecule has 1 saturated heterocycles. The van der Waals surface area contributed by atoms with Gasteiger partial charge in [-0.25, -0.2) is 4.99 Å². The molecule has 160 valence electrons. The van der Waals surface area contributed by atoms with E-state index in [-0.39, 0.29) is 5.04 Å². The van der Waals surface area contributed by atoms with Crippen molar-refractivity contribution in [3.05, 3.63) is 36.0 Å². The molecule has 29 heavy (non-hydrogen) atoms. The standard InChI is InChI=1S/C24H38N2O2Si/c1-24(2,3)29(5,6)28-16-10-12-21-18-19(17-20-11-9-15-26(20)21)25-22-13-7-8-14-23(22)27-4/h7-8,13-14,18,20H,9-12,15-17H2,1-6H3/t20-/m1/s1. The number of fused-ring (bicyclic) bond motifs is 1.